The molecule has 0 aliphatic heterocycles. The molecule has 0 aromatic heterocycles. The van der Waals surface area contributed by atoms with Crippen LogP contribution in [0.15, 0.2) is 24.3 Å². The fourth-order valence-corrected chi connectivity index (χ4v) is 2.46. The van der Waals surface area contributed by atoms with E-state index in [1.165, 1.54) is 19.3 Å². The quantitative estimate of drug-likeness (QED) is 0.670. The van der Waals surface area contributed by atoms with Gasteiger partial charge in [0.2, 0.25) is 0 Å². The van der Waals surface area contributed by atoms with Crippen molar-refractivity contribution in [2.24, 2.45) is 0 Å². The summed E-state index contributed by atoms with van der Waals surface area (Å²) in [4.78, 5) is 2.45. The number of rotatable bonds is 9. The average molecular weight is 298 g/mol. The predicted molar refractivity (Wildman–Crippen MR) is 87.3 cm³/mol. The first kappa shape index (κ1) is 17.5. The van der Waals surface area contributed by atoms with E-state index in [0.717, 1.165) is 25.1 Å². The molecular weight excluding hydrogens is 270 g/mol. The van der Waals surface area contributed by atoms with Gasteiger partial charge in [-0.3, -0.25) is 0 Å². The molecule has 0 heterocycles. The van der Waals surface area contributed by atoms with Gasteiger partial charge in [0.25, 0.3) is 0 Å². The Balaban J connectivity index is 2.43. The highest BCUT2D eigenvalue weighted by Gasteiger charge is 2.13. The van der Waals surface area contributed by atoms with Crippen molar-refractivity contribution >= 4 is 11.6 Å². The van der Waals surface area contributed by atoms with E-state index in [4.69, 9.17) is 11.6 Å². The number of aliphatic hydroxyl groups is 1. The van der Waals surface area contributed by atoms with E-state index in [0.29, 0.717) is 11.1 Å². The van der Waals surface area contributed by atoms with Crippen molar-refractivity contribution in [1.82, 2.24) is 4.90 Å². The third kappa shape index (κ3) is 6.25. The molecule has 0 aliphatic rings. The van der Waals surface area contributed by atoms with Crippen LogP contribution in [0.5, 0.6) is 0 Å². The maximum absolute atomic E-state index is 10.2. The maximum Gasteiger partial charge on any atom is 0.0802 e. The highest BCUT2D eigenvalue weighted by molar-refractivity contribution is 6.30. The van der Waals surface area contributed by atoms with E-state index in [2.05, 4.69) is 25.7 Å². The number of nitrogens with zero attached hydrogens (tertiary/aromatic N) is 1. The van der Waals surface area contributed by atoms with Gasteiger partial charge in [0, 0.05) is 17.6 Å². The van der Waals surface area contributed by atoms with Crippen molar-refractivity contribution in [1.29, 1.82) is 0 Å². The number of halogens is 1. The molecular formula is C17H28ClNO. The van der Waals surface area contributed by atoms with Crippen LogP contribution in [-0.2, 0) is 0 Å². The van der Waals surface area contributed by atoms with E-state index in [1.807, 2.05) is 24.3 Å². The van der Waals surface area contributed by atoms with Gasteiger partial charge in [0.15, 0.2) is 0 Å². The van der Waals surface area contributed by atoms with Crippen molar-refractivity contribution < 1.29 is 5.11 Å². The molecule has 1 atom stereocenters. The van der Waals surface area contributed by atoms with Gasteiger partial charge in [-0.05, 0) is 50.9 Å². The van der Waals surface area contributed by atoms with Gasteiger partial charge in [-0.1, -0.05) is 43.5 Å². The largest absolute Gasteiger partial charge is 0.388 e. The van der Waals surface area contributed by atoms with Crippen LogP contribution in [0.4, 0.5) is 0 Å². The fraction of sp³-hybridized carbons (Fsp3) is 0.647. The highest BCUT2D eigenvalue weighted by Crippen LogP contribution is 2.20. The molecule has 0 saturated carbocycles. The summed E-state index contributed by atoms with van der Waals surface area (Å²) in [6.07, 6.45) is 4.14. The van der Waals surface area contributed by atoms with Crippen molar-refractivity contribution in [3.05, 3.63) is 34.9 Å². The minimum atomic E-state index is -0.403. The molecule has 3 heteroatoms. The van der Waals surface area contributed by atoms with Gasteiger partial charge in [-0.25, -0.2) is 0 Å². The standard InChI is InChI=1S/C17H28ClNO/c1-4-5-6-12-19(14(2)3)13-11-17(20)15-7-9-16(18)10-8-15/h7-10,14,17,20H,4-6,11-13H2,1-3H3. The molecule has 0 spiro atoms. The number of aliphatic hydroxyl groups excluding tert-OH is 1. The van der Waals surface area contributed by atoms with Crippen LogP contribution >= 0.6 is 11.6 Å². The topological polar surface area (TPSA) is 23.5 Å². The second-order valence-corrected chi connectivity index (χ2v) is 6.13. The van der Waals surface area contributed by atoms with Gasteiger partial charge in [-0.15, -0.1) is 0 Å². The lowest BCUT2D eigenvalue weighted by atomic mass is 10.1. The zero-order valence-corrected chi connectivity index (χ0v) is 13.7. The van der Waals surface area contributed by atoms with E-state index in [-0.39, 0.29) is 0 Å². The highest BCUT2D eigenvalue weighted by atomic mass is 35.5. The average Bonchev–Trinajstić information content (AvgIpc) is 2.42. The molecule has 1 aromatic carbocycles. The first-order valence-electron chi connectivity index (χ1n) is 7.72. The van der Waals surface area contributed by atoms with E-state index < -0.39 is 6.10 Å². The van der Waals surface area contributed by atoms with Gasteiger partial charge >= 0.3 is 0 Å². The van der Waals surface area contributed by atoms with Crippen molar-refractivity contribution in [2.45, 2.75) is 58.6 Å². The van der Waals surface area contributed by atoms with Crippen LogP contribution in [0, 0.1) is 0 Å². The molecule has 0 aliphatic carbocycles. The Labute approximate surface area is 128 Å². The Bertz CT molecular complexity index is 364. The van der Waals surface area contributed by atoms with Gasteiger partial charge < -0.3 is 10.0 Å². The first-order chi connectivity index (χ1) is 9.54. The fourth-order valence-electron chi connectivity index (χ4n) is 2.33. The lowest BCUT2D eigenvalue weighted by Crippen LogP contribution is -2.33. The number of benzene rings is 1. The summed E-state index contributed by atoms with van der Waals surface area (Å²) in [6.45, 7) is 8.73. The van der Waals surface area contributed by atoms with Crippen LogP contribution in [0.2, 0.25) is 5.02 Å². The molecule has 0 bridgehead atoms. The molecule has 1 N–H and O–H groups in total. The smallest absolute Gasteiger partial charge is 0.0802 e. The molecule has 0 fully saturated rings. The molecule has 1 rings (SSSR count). The van der Waals surface area contributed by atoms with Gasteiger partial charge in [-0.2, -0.15) is 0 Å². The summed E-state index contributed by atoms with van der Waals surface area (Å²) in [7, 11) is 0. The minimum Gasteiger partial charge on any atom is -0.388 e. The summed E-state index contributed by atoms with van der Waals surface area (Å²) in [5.41, 5.74) is 0.951. The number of hydrogen-bond donors (Lipinski definition) is 1. The third-order valence-electron chi connectivity index (χ3n) is 3.72. The molecule has 1 unspecified atom stereocenters. The van der Waals surface area contributed by atoms with E-state index in [9.17, 15) is 5.11 Å². The Hall–Kier alpha value is -0.570. The molecule has 0 saturated heterocycles. The summed E-state index contributed by atoms with van der Waals surface area (Å²) in [5, 5.41) is 11.0. The lowest BCUT2D eigenvalue weighted by Gasteiger charge is -2.27. The zero-order valence-electron chi connectivity index (χ0n) is 13.0. The second kappa shape index (κ2) is 9.38. The third-order valence-corrected chi connectivity index (χ3v) is 3.98. The SMILES string of the molecule is CCCCCN(CCC(O)c1ccc(Cl)cc1)C(C)C. The Kier molecular flexibility index (Phi) is 8.20. The van der Waals surface area contributed by atoms with Crippen LogP contribution < -0.4 is 0 Å². The zero-order chi connectivity index (χ0) is 15.0. The number of unbranched alkanes of at least 4 members (excludes halogenated alkanes) is 2. The minimum absolute atomic E-state index is 0.403. The van der Waals surface area contributed by atoms with Crippen LogP contribution in [-0.4, -0.2) is 29.1 Å². The van der Waals surface area contributed by atoms with E-state index >= 15 is 0 Å². The summed E-state index contributed by atoms with van der Waals surface area (Å²) in [6, 6.07) is 8.01. The van der Waals surface area contributed by atoms with Crippen LogP contribution in [0.3, 0.4) is 0 Å². The first-order valence-corrected chi connectivity index (χ1v) is 8.10. The summed E-state index contributed by atoms with van der Waals surface area (Å²) >= 11 is 5.87. The Morgan fingerprint density at radius 2 is 1.75 bits per heavy atom. The normalized spacial score (nSPS) is 13.2. The predicted octanol–water partition coefficient (Wildman–Crippen LogP) is 4.66. The van der Waals surface area contributed by atoms with E-state index in [1.54, 1.807) is 0 Å². The number of hydrogen-bond acceptors (Lipinski definition) is 2. The molecule has 0 radical (unpaired) electrons. The second-order valence-electron chi connectivity index (χ2n) is 5.69. The molecule has 2 nitrogen and oxygen atoms in total. The van der Waals surface area contributed by atoms with Crippen LogP contribution in [0.25, 0.3) is 0 Å². The van der Waals surface area contributed by atoms with Crippen LogP contribution in [0.1, 0.15) is 58.1 Å². The molecule has 114 valence electrons. The van der Waals surface area contributed by atoms with Crippen molar-refractivity contribution in [3.8, 4) is 0 Å². The van der Waals surface area contributed by atoms with Crippen molar-refractivity contribution in [3.63, 3.8) is 0 Å². The lowest BCUT2D eigenvalue weighted by molar-refractivity contribution is 0.129. The molecule has 0 amide bonds. The monoisotopic (exact) mass is 297 g/mol. The van der Waals surface area contributed by atoms with Crippen molar-refractivity contribution in [2.75, 3.05) is 13.1 Å². The van der Waals surface area contributed by atoms with Gasteiger partial charge in [0.1, 0.15) is 0 Å². The molecule has 20 heavy (non-hydrogen) atoms. The maximum atomic E-state index is 10.2. The Morgan fingerprint density at radius 3 is 2.30 bits per heavy atom. The Morgan fingerprint density at radius 1 is 1.10 bits per heavy atom. The van der Waals surface area contributed by atoms with Gasteiger partial charge in [0.05, 0.1) is 6.10 Å². The molecule has 1 aromatic rings. The summed E-state index contributed by atoms with van der Waals surface area (Å²) in [5.74, 6) is 0. The summed E-state index contributed by atoms with van der Waals surface area (Å²) < 4.78 is 0.